The van der Waals surface area contributed by atoms with E-state index in [-0.39, 0.29) is 0 Å². The van der Waals surface area contributed by atoms with Crippen LogP contribution in [0.15, 0.2) is 34.6 Å². The second kappa shape index (κ2) is 11.0. The van der Waals surface area contributed by atoms with Gasteiger partial charge in [0.25, 0.3) is 0 Å². The summed E-state index contributed by atoms with van der Waals surface area (Å²) >= 11 is 3.03. The normalized spacial score (nSPS) is 13.9. The van der Waals surface area contributed by atoms with Gasteiger partial charge in [-0.3, -0.25) is 4.57 Å². The van der Waals surface area contributed by atoms with Gasteiger partial charge in [-0.2, -0.15) is 4.99 Å². The Balaban J connectivity index is 1.44. The summed E-state index contributed by atoms with van der Waals surface area (Å²) in [6, 6.07) is 9.41. The third-order valence-electron chi connectivity index (χ3n) is 6.35. The van der Waals surface area contributed by atoms with Crippen molar-refractivity contribution < 1.29 is 14.3 Å². The zero-order chi connectivity index (χ0) is 26.9. The predicted molar refractivity (Wildman–Crippen MR) is 155 cm³/mol. The van der Waals surface area contributed by atoms with Gasteiger partial charge in [0.15, 0.2) is 27.3 Å². The lowest BCUT2D eigenvalue weighted by molar-refractivity contribution is 0.0520. The minimum atomic E-state index is -1.17. The second-order valence-electron chi connectivity index (χ2n) is 10.3. The van der Waals surface area contributed by atoms with Gasteiger partial charge in [0.1, 0.15) is 6.73 Å². The fourth-order valence-corrected chi connectivity index (χ4v) is 6.81. The number of hydrogen-bond acceptors (Lipinski definition) is 10. The molecule has 0 bridgehead atoms. The maximum Gasteiger partial charge on any atom is 0.357 e. The quantitative estimate of drug-likeness (QED) is 0.146. The highest BCUT2D eigenvalue weighted by Gasteiger charge is 2.28. The van der Waals surface area contributed by atoms with Crippen molar-refractivity contribution in [3.05, 3.63) is 51.3 Å². The molecule has 200 valence electrons. The van der Waals surface area contributed by atoms with Crippen molar-refractivity contribution in [3.8, 4) is 0 Å². The number of benzene rings is 1. The molecule has 1 aliphatic rings. The molecule has 9 nitrogen and oxygen atoms in total. The van der Waals surface area contributed by atoms with Gasteiger partial charge in [-0.1, -0.05) is 43.1 Å². The van der Waals surface area contributed by atoms with Crippen LogP contribution in [0.2, 0.25) is 25.7 Å². The Kier molecular flexibility index (Phi) is 7.75. The van der Waals surface area contributed by atoms with Crippen molar-refractivity contribution >= 4 is 63.7 Å². The smallest absolute Gasteiger partial charge is 0.357 e. The maximum atomic E-state index is 12.1. The molecule has 12 heteroatoms. The third-order valence-corrected chi connectivity index (χ3v) is 9.98. The van der Waals surface area contributed by atoms with Crippen molar-refractivity contribution in [1.82, 2.24) is 19.7 Å². The van der Waals surface area contributed by atoms with E-state index in [0.29, 0.717) is 30.0 Å². The summed E-state index contributed by atoms with van der Waals surface area (Å²) in [5.41, 5.74) is 3.52. The van der Waals surface area contributed by atoms with Crippen molar-refractivity contribution in [1.29, 1.82) is 0 Å². The molecular weight excluding hydrogens is 537 g/mol. The summed E-state index contributed by atoms with van der Waals surface area (Å²) in [7, 11) is -1.17. The van der Waals surface area contributed by atoms with Crippen LogP contribution in [0.1, 0.15) is 28.5 Å². The van der Waals surface area contributed by atoms with Crippen LogP contribution in [-0.2, 0) is 22.6 Å². The number of esters is 1. The third kappa shape index (κ3) is 5.58. The molecule has 4 aromatic rings. The van der Waals surface area contributed by atoms with E-state index in [0.717, 1.165) is 57.6 Å². The molecule has 0 atom stereocenters. The van der Waals surface area contributed by atoms with Crippen LogP contribution in [-0.4, -0.2) is 53.6 Å². The fourth-order valence-electron chi connectivity index (χ4n) is 4.21. The highest BCUT2D eigenvalue weighted by Crippen LogP contribution is 2.37. The molecule has 0 saturated carbocycles. The Morgan fingerprint density at radius 3 is 2.82 bits per heavy atom. The Morgan fingerprint density at radius 1 is 1.21 bits per heavy atom. The summed E-state index contributed by atoms with van der Waals surface area (Å²) < 4.78 is 14.5. The first kappa shape index (κ1) is 26.7. The molecule has 1 aromatic carbocycles. The van der Waals surface area contributed by atoms with E-state index in [1.54, 1.807) is 23.6 Å². The molecule has 0 unspecified atom stereocenters. The molecule has 0 N–H and O–H groups in total. The Labute approximate surface area is 230 Å². The maximum absolute atomic E-state index is 12.1. The van der Waals surface area contributed by atoms with E-state index in [1.807, 2.05) is 24.0 Å². The van der Waals surface area contributed by atoms with E-state index in [9.17, 15) is 4.79 Å². The first-order valence-electron chi connectivity index (χ1n) is 12.7. The highest BCUT2D eigenvalue weighted by atomic mass is 32.1. The number of para-hydroxylation sites is 1. The van der Waals surface area contributed by atoms with Crippen LogP contribution in [0.4, 0.5) is 16.8 Å². The molecule has 0 fully saturated rings. The number of thiazole rings is 2. The van der Waals surface area contributed by atoms with Crippen molar-refractivity contribution in [2.45, 2.75) is 52.7 Å². The summed E-state index contributed by atoms with van der Waals surface area (Å²) in [4.78, 5) is 24.4. The summed E-state index contributed by atoms with van der Waals surface area (Å²) in [5.74, 6) is 0.969. The Morgan fingerprint density at radius 2 is 2.03 bits per heavy atom. The van der Waals surface area contributed by atoms with Crippen LogP contribution in [0.3, 0.4) is 0 Å². The van der Waals surface area contributed by atoms with Crippen LogP contribution in [0.25, 0.3) is 10.2 Å². The van der Waals surface area contributed by atoms with Gasteiger partial charge in [0.05, 0.1) is 16.8 Å². The first-order chi connectivity index (χ1) is 18.2. The molecule has 0 saturated heterocycles. The predicted octanol–water partition coefficient (Wildman–Crippen LogP) is 5.67. The lowest BCUT2D eigenvalue weighted by Crippen LogP contribution is -2.23. The molecular formula is C26H32N6O3S2Si. The topological polar surface area (TPSA) is 94.7 Å². The van der Waals surface area contributed by atoms with Crippen LogP contribution >= 0.6 is 22.7 Å². The van der Waals surface area contributed by atoms with Crippen LogP contribution in [0, 0.1) is 6.92 Å². The fraction of sp³-hybridized carbons (Fsp3) is 0.423. The van der Waals surface area contributed by atoms with Crippen LogP contribution < -0.4 is 9.70 Å². The number of carbonyl (C=O) groups excluding carboxylic acids is 1. The number of rotatable bonds is 9. The Bertz CT molecular complexity index is 1540. The molecule has 1 aliphatic heterocycles. The number of nitrogens with zero attached hydrogens (tertiary/aromatic N) is 6. The number of aromatic nitrogens is 4. The van der Waals surface area contributed by atoms with Crippen LogP contribution in [0.5, 0.6) is 0 Å². The van der Waals surface area contributed by atoms with Gasteiger partial charge in [0, 0.05) is 37.7 Å². The van der Waals surface area contributed by atoms with Crippen molar-refractivity contribution in [2.24, 2.45) is 4.99 Å². The van der Waals surface area contributed by atoms with Gasteiger partial charge < -0.3 is 14.4 Å². The average molecular weight is 569 g/mol. The lowest BCUT2D eigenvalue weighted by Gasteiger charge is -2.15. The molecule has 5 rings (SSSR count). The molecule has 0 amide bonds. The number of anilines is 2. The van der Waals surface area contributed by atoms with E-state index in [4.69, 9.17) is 14.5 Å². The minimum absolute atomic E-state index is 0.318. The molecule has 3 aromatic heterocycles. The molecule has 0 spiro atoms. The van der Waals surface area contributed by atoms with E-state index < -0.39 is 14.0 Å². The van der Waals surface area contributed by atoms with Gasteiger partial charge in [-0.25, -0.2) is 9.78 Å². The van der Waals surface area contributed by atoms with Gasteiger partial charge >= 0.3 is 5.97 Å². The largest absolute Gasteiger partial charge is 0.461 e. The van der Waals surface area contributed by atoms with Gasteiger partial charge in [0.2, 0.25) is 0 Å². The van der Waals surface area contributed by atoms with E-state index in [2.05, 4.69) is 51.5 Å². The molecule has 4 heterocycles. The van der Waals surface area contributed by atoms with E-state index >= 15 is 0 Å². The van der Waals surface area contributed by atoms with Gasteiger partial charge in [-0.15, -0.1) is 21.5 Å². The number of fused-ring (bicyclic) bond motifs is 2. The number of carbonyl (C=O) groups is 1. The SMILES string of the molecule is CCOC(=O)c1csc(N2CCc3c2nnc(/N=c2\sc4ccccc4n2COCC[Si](C)(C)C)c3C)n1. The molecule has 38 heavy (non-hydrogen) atoms. The Hall–Kier alpha value is -2.93. The number of ether oxygens (including phenoxy) is 2. The minimum Gasteiger partial charge on any atom is -0.461 e. The zero-order valence-corrected chi connectivity index (χ0v) is 25.0. The second-order valence-corrected chi connectivity index (χ2v) is 17.8. The first-order valence-corrected chi connectivity index (χ1v) is 18.1. The number of hydrogen-bond donors (Lipinski definition) is 0. The summed E-state index contributed by atoms with van der Waals surface area (Å²) in [6.07, 6.45) is 0.805. The molecule has 0 radical (unpaired) electrons. The molecule has 0 aliphatic carbocycles. The summed E-state index contributed by atoms with van der Waals surface area (Å²) in [6.45, 7) is 13.1. The van der Waals surface area contributed by atoms with E-state index in [1.165, 1.54) is 11.3 Å². The van der Waals surface area contributed by atoms with Crippen molar-refractivity contribution in [3.63, 3.8) is 0 Å². The van der Waals surface area contributed by atoms with Crippen molar-refractivity contribution in [2.75, 3.05) is 24.7 Å². The highest BCUT2D eigenvalue weighted by molar-refractivity contribution is 7.16. The lowest BCUT2D eigenvalue weighted by atomic mass is 10.1. The summed E-state index contributed by atoms with van der Waals surface area (Å²) in [5, 5.41) is 11.5. The average Bonchev–Trinajstić information content (AvgIpc) is 3.60. The zero-order valence-electron chi connectivity index (χ0n) is 22.4. The standard InChI is InChI=1S/C26H32N6O3S2Si/c1-6-35-24(33)19-15-36-25(27-19)31-12-11-18-17(2)22(29-30-23(18)31)28-26-32(16-34-13-14-38(3,4)5)20-9-7-8-10-21(20)37-26/h7-10,15H,6,11-14,16H2,1-5H3/b28-26-. The monoisotopic (exact) mass is 568 g/mol. The van der Waals surface area contributed by atoms with Gasteiger partial charge in [-0.05, 0) is 38.4 Å².